The second-order valence-corrected chi connectivity index (χ2v) is 5.92. The molecule has 2 rings (SSSR count). The van der Waals surface area contributed by atoms with Crippen molar-refractivity contribution in [2.24, 2.45) is 0 Å². The summed E-state index contributed by atoms with van der Waals surface area (Å²) in [6.45, 7) is 2.01. The van der Waals surface area contributed by atoms with Crippen molar-refractivity contribution in [1.29, 1.82) is 0 Å². The molecule has 0 aliphatic carbocycles. The van der Waals surface area contributed by atoms with Gasteiger partial charge in [0.25, 0.3) is 0 Å². The van der Waals surface area contributed by atoms with Crippen LogP contribution in [0.3, 0.4) is 0 Å². The van der Waals surface area contributed by atoms with Crippen LogP contribution in [-0.2, 0) is 6.42 Å². The standard InChI is InChI=1S/C13H10BrF3S/c1-2-8-3-4-11(18-8)13(14)12-9(16)5-7(15)6-10(12)17/h3-6,13H,2H2,1H3. The monoisotopic (exact) mass is 334 g/mol. The van der Waals surface area contributed by atoms with E-state index in [1.54, 1.807) is 0 Å². The summed E-state index contributed by atoms with van der Waals surface area (Å²) in [6.07, 6.45) is 0.874. The van der Waals surface area contributed by atoms with Crippen LogP contribution in [0.25, 0.3) is 0 Å². The zero-order chi connectivity index (χ0) is 13.3. The zero-order valence-electron chi connectivity index (χ0n) is 9.51. The van der Waals surface area contributed by atoms with E-state index < -0.39 is 22.3 Å². The van der Waals surface area contributed by atoms with Crippen molar-refractivity contribution < 1.29 is 13.2 Å². The fraction of sp³-hybridized carbons (Fsp3) is 0.231. The van der Waals surface area contributed by atoms with Gasteiger partial charge < -0.3 is 0 Å². The fourth-order valence-corrected chi connectivity index (χ4v) is 3.47. The molecule has 1 atom stereocenters. The summed E-state index contributed by atoms with van der Waals surface area (Å²) in [5, 5.41) is 0. The highest BCUT2D eigenvalue weighted by Gasteiger charge is 2.21. The van der Waals surface area contributed by atoms with Crippen LogP contribution in [0.2, 0.25) is 0 Å². The van der Waals surface area contributed by atoms with Crippen molar-refractivity contribution in [3.8, 4) is 0 Å². The summed E-state index contributed by atoms with van der Waals surface area (Å²) in [5.41, 5.74) is -0.152. The molecular formula is C13H10BrF3S. The molecule has 1 heterocycles. The molecule has 0 aliphatic rings. The van der Waals surface area contributed by atoms with Gasteiger partial charge in [-0.2, -0.15) is 0 Å². The Labute approximate surface area is 116 Å². The normalized spacial score (nSPS) is 12.7. The molecule has 0 saturated heterocycles. The topological polar surface area (TPSA) is 0 Å². The van der Waals surface area contributed by atoms with Crippen molar-refractivity contribution in [2.75, 3.05) is 0 Å². The van der Waals surface area contributed by atoms with E-state index in [4.69, 9.17) is 0 Å². The molecule has 0 spiro atoms. The Morgan fingerprint density at radius 2 is 1.78 bits per heavy atom. The maximum atomic E-state index is 13.6. The molecule has 0 nitrogen and oxygen atoms in total. The summed E-state index contributed by atoms with van der Waals surface area (Å²) >= 11 is 4.75. The van der Waals surface area contributed by atoms with E-state index in [0.717, 1.165) is 16.2 Å². The molecule has 0 N–H and O–H groups in total. The highest BCUT2D eigenvalue weighted by Crippen LogP contribution is 2.38. The van der Waals surface area contributed by atoms with E-state index in [0.29, 0.717) is 12.1 Å². The highest BCUT2D eigenvalue weighted by atomic mass is 79.9. The van der Waals surface area contributed by atoms with Gasteiger partial charge in [0.1, 0.15) is 17.5 Å². The molecule has 2 aromatic rings. The first-order chi connectivity index (χ1) is 8.52. The van der Waals surface area contributed by atoms with E-state index >= 15 is 0 Å². The maximum Gasteiger partial charge on any atom is 0.133 e. The third-order valence-electron chi connectivity index (χ3n) is 2.58. The Morgan fingerprint density at radius 3 is 2.28 bits per heavy atom. The molecule has 1 aromatic carbocycles. The predicted molar refractivity (Wildman–Crippen MR) is 70.8 cm³/mol. The maximum absolute atomic E-state index is 13.6. The number of aryl methyl sites for hydroxylation is 1. The average molecular weight is 335 g/mol. The summed E-state index contributed by atoms with van der Waals surface area (Å²) in [6, 6.07) is 5.14. The van der Waals surface area contributed by atoms with Crippen LogP contribution >= 0.6 is 27.3 Å². The third kappa shape index (κ3) is 2.62. The summed E-state index contributed by atoms with van der Waals surface area (Å²) in [4.78, 5) is 1.34. The molecule has 18 heavy (non-hydrogen) atoms. The van der Waals surface area contributed by atoms with E-state index in [1.807, 2.05) is 19.1 Å². The van der Waals surface area contributed by atoms with Crippen LogP contribution in [0.15, 0.2) is 24.3 Å². The molecule has 0 saturated carbocycles. The quantitative estimate of drug-likeness (QED) is 0.675. The Balaban J connectivity index is 2.42. The molecule has 1 unspecified atom stereocenters. The van der Waals surface area contributed by atoms with Gasteiger partial charge in [-0.25, -0.2) is 13.2 Å². The predicted octanol–water partition coefficient (Wildman–Crippen LogP) is 5.21. The molecule has 0 aliphatic heterocycles. The molecule has 0 radical (unpaired) electrons. The number of thiophene rings is 1. The number of alkyl halides is 1. The van der Waals surface area contributed by atoms with E-state index in [-0.39, 0.29) is 5.56 Å². The molecule has 0 fully saturated rings. The second kappa shape index (κ2) is 5.45. The van der Waals surface area contributed by atoms with Gasteiger partial charge in [0, 0.05) is 27.5 Å². The number of benzene rings is 1. The number of hydrogen-bond acceptors (Lipinski definition) is 1. The molecule has 1 aromatic heterocycles. The van der Waals surface area contributed by atoms with Crippen LogP contribution in [-0.4, -0.2) is 0 Å². The summed E-state index contributed by atoms with van der Waals surface area (Å²) in [5.74, 6) is -2.66. The lowest BCUT2D eigenvalue weighted by molar-refractivity contribution is 0.528. The van der Waals surface area contributed by atoms with Crippen molar-refractivity contribution in [3.05, 3.63) is 57.0 Å². The van der Waals surface area contributed by atoms with Gasteiger partial charge in [-0.1, -0.05) is 22.9 Å². The van der Waals surface area contributed by atoms with E-state index in [1.165, 1.54) is 11.3 Å². The fourth-order valence-electron chi connectivity index (χ4n) is 1.66. The summed E-state index contributed by atoms with van der Waals surface area (Å²) < 4.78 is 40.1. The Morgan fingerprint density at radius 1 is 1.17 bits per heavy atom. The van der Waals surface area contributed by atoms with Crippen LogP contribution in [0, 0.1) is 17.5 Å². The van der Waals surface area contributed by atoms with Crippen molar-refractivity contribution in [3.63, 3.8) is 0 Å². The van der Waals surface area contributed by atoms with Gasteiger partial charge in [-0.05, 0) is 18.6 Å². The lowest BCUT2D eigenvalue weighted by Crippen LogP contribution is -2.00. The minimum absolute atomic E-state index is 0.152. The van der Waals surface area contributed by atoms with Gasteiger partial charge in [0.2, 0.25) is 0 Å². The van der Waals surface area contributed by atoms with E-state index in [9.17, 15) is 13.2 Å². The van der Waals surface area contributed by atoms with E-state index in [2.05, 4.69) is 15.9 Å². The van der Waals surface area contributed by atoms with Crippen molar-refractivity contribution >= 4 is 27.3 Å². The lowest BCUT2D eigenvalue weighted by atomic mass is 10.1. The van der Waals surface area contributed by atoms with Crippen LogP contribution in [0.4, 0.5) is 13.2 Å². The molecule has 0 bridgehead atoms. The molecule has 5 heteroatoms. The minimum atomic E-state index is -0.908. The Bertz CT molecular complexity index is 542. The van der Waals surface area contributed by atoms with Crippen molar-refractivity contribution in [1.82, 2.24) is 0 Å². The largest absolute Gasteiger partial charge is 0.207 e. The van der Waals surface area contributed by atoms with Gasteiger partial charge in [0.05, 0.1) is 4.83 Å². The molecular weight excluding hydrogens is 325 g/mol. The SMILES string of the molecule is CCc1ccc(C(Br)c2c(F)cc(F)cc2F)s1. The number of hydrogen-bond donors (Lipinski definition) is 0. The smallest absolute Gasteiger partial charge is 0.133 e. The number of rotatable bonds is 3. The van der Waals surface area contributed by atoms with Gasteiger partial charge in [-0.3, -0.25) is 0 Å². The average Bonchev–Trinajstić information content (AvgIpc) is 2.75. The first kappa shape index (κ1) is 13.6. The minimum Gasteiger partial charge on any atom is -0.207 e. The van der Waals surface area contributed by atoms with Gasteiger partial charge in [-0.15, -0.1) is 11.3 Å². The Hall–Kier alpha value is -0.810. The van der Waals surface area contributed by atoms with Gasteiger partial charge in [0.15, 0.2) is 0 Å². The van der Waals surface area contributed by atoms with Crippen molar-refractivity contribution in [2.45, 2.75) is 18.2 Å². The highest BCUT2D eigenvalue weighted by molar-refractivity contribution is 9.09. The first-order valence-corrected chi connectivity index (χ1v) is 7.13. The van der Waals surface area contributed by atoms with Crippen LogP contribution < -0.4 is 0 Å². The second-order valence-electron chi connectivity index (χ2n) is 3.80. The van der Waals surface area contributed by atoms with Gasteiger partial charge >= 0.3 is 0 Å². The molecule has 96 valence electrons. The lowest BCUT2D eigenvalue weighted by Gasteiger charge is -2.10. The van der Waals surface area contributed by atoms with Crippen LogP contribution in [0.1, 0.15) is 27.1 Å². The van der Waals surface area contributed by atoms with Crippen LogP contribution in [0.5, 0.6) is 0 Å². The third-order valence-corrected chi connectivity index (χ3v) is 5.13. The molecule has 0 amide bonds. The summed E-state index contributed by atoms with van der Waals surface area (Å²) in [7, 11) is 0. The first-order valence-electron chi connectivity index (χ1n) is 5.40. The Kier molecular flexibility index (Phi) is 4.12. The number of halogens is 4. The zero-order valence-corrected chi connectivity index (χ0v) is 11.9.